The number of nitrogens with zero attached hydrogens (tertiary/aromatic N) is 1. The van der Waals surface area contributed by atoms with Crippen LogP contribution in [0.25, 0.3) is 0 Å². The SMILES string of the molecule is C[C@H]1[C@H]([N+]2=Cc3ccccc3CC2)C[C@@H]2C[C@H]1C2(C)C.[O-][Cl+3]([O-])([O-])[O-]. The maximum Gasteiger partial charge on any atom is 0.171 e. The Labute approximate surface area is 151 Å². The van der Waals surface area contributed by atoms with Gasteiger partial charge in [-0.25, -0.2) is 23.2 Å². The lowest BCUT2D eigenvalue weighted by Crippen LogP contribution is -2.68. The van der Waals surface area contributed by atoms with E-state index in [1.165, 1.54) is 36.9 Å². The quantitative estimate of drug-likeness (QED) is 0.594. The van der Waals surface area contributed by atoms with E-state index in [1.54, 1.807) is 0 Å². The number of hydrogen-bond acceptors (Lipinski definition) is 4. The molecule has 3 fully saturated rings. The summed E-state index contributed by atoms with van der Waals surface area (Å²) in [7, 11) is -4.94. The summed E-state index contributed by atoms with van der Waals surface area (Å²) in [6, 6.07) is 9.68. The molecule has 1 aromatic rings. The van der Waals surface area contributed by atoms with Crippen LogP contribution in [-0.4, -0.2) is 23.4 Å². The molecular weight excluding hydrogens is 342 g/mol. The van der Waals surface area contributed by atoms with Gasteiger partial charge < -0.3 is 0 Å². The van der Waals surface area contributed by atoms with Gasteiger partial charge in [-0.1, -0.05) is 39.0 Å². The average molecular weight is 368 g/mol. The summed E-state index contributed by atoms with van der Waals surface area (Å²) in [4.78, 5) is 0. The van der Waals surface area contributed by atoms with Gasteiger partial charge in [-0.15, -0.1) is 10.2 Å². The molecule has 4 atom stereocenters. The maximum atomic E-state index is 8.49. The van der Waals surface area contributed by atoms with Crippen LogP contribution in [0.2, 0.25) is 0 Å². The molecule has 5 nitrogen and oxygen atoms in total. The lowest BCUT2D eigenvalue weighted by atomic mass is 9.44. The third-order valence-corrected chi connectivity index (χ3v) is 6.74. The first-order valence-electron chi connectivity index (χ1n) is 8.87. The molecule has 4 aliphatic rings. The van der Waals surface area contributed by atoms with Crippen LogP contribution in [0, 0.1) is 33.4 Å². The maximum absolute atomic E-state index is 8.49. The van der Waals surface area contributed by atoms with Crippen molar-refractivity contribution < 1.29 is 33.5 Å². The van der Waals surface area contributed by atoms with Crippen LogP contribution >= 0.6 is 0 Å². The van der Waals surface area contributed by atoms with Gasteiger partial charge in [-0.05, 0) is 35.3 Å². The van der Waals surface area contributed by atoms with Gasteiger partial charge in [-0.2, -0.15) is 0 Å². The van der Waals surface area contributed by atoms with E-state index in [-0.39, 0.29) is 0 Å². The molecular formula is C19H26ClNO4. The molecule has 25 heavy (non-hydrogen) atoms. The molecule has 0 aromatic heterocycles. The normalized spacial score (nSPS) is 32.5. The summed E-state index contributed by atoms with van der Waals surface area (Å²) >= 11 is 0. The molecule has 0 unspecified atom stereocenters. The summed E-state index contributed by atoms with van der Waals surface area (Å²) in [6.45, 7) is 8.70. The van der Waals surface area contributed by atoms with E-state index in [1.807, 2.05) is 0 Å². The first kappa shape index (κ1) is 18.8. The average Bonchev–Trinajstić information content (AvgIpc) is 2.52. The van der Waals surface area contributed by atoms with Crippen molar-refractivity contribution in [2.75, 3.05) is 6.54 Å². The topological polar surface area (TPSA) is 95.2 Å². The highest BCUT2D eigenvalue weighted by molar-refractivity contribution is 5.78. The van der Waals surface area contributed by atoms with Crippen LogP contribution in [0.5, 0.6) is 0 Å². The number of hydrogen-bond donors (Lipinski definition) is 0. The number of halogens is 1. The standard InChI is InChI=1S/C19H26N.ClHO4/c1-13-17-10-16(19(17,2)3)11-18(13)20-9-8-14-6-4-5-7-15(14)12-20;2-1(3,4)5/h4-7,12-13,16-18H,8-11H2,1-3H3;(H,2,3,4,5)/q+1;/p-1/t13-,16+,17-,18-;/m1./s1. The van der Waals surface area contributed by atoms with Crippen LogP contribution < -0.4 is 18.6 Å². The Balaban J connectivity index is 0.000000324. The largest absolute Gasteiger partial charge is 0.232 e. The molecule has 0 spiro atoms. The molecule has 1 aromatic carbocycles. The molecule has 0 N–H and O–H groups in total. The summed E-state index contributed by atoms with van der Waals surface area (Å²) in [6.07, 6.45) is 6.55. The summed E-state index contributed by atoms with van der Waals surface area (Å²) in [5, 5.41) is 0. The van der Waals surface area contributed by atoms with Gasteiger partial charge in [-0.3, -0.25) is 0 Å². The molecule has 1 aliphatic heterocycles. The minimum absolute atomic E-state index is 0.601. The highest BCUT2D eigenvalue weighted by Crippen LogP contribution is 2.61. The molecule has 0 radical (unpaired) electrons. The minimum atomic E-state index is -4.94. The predicted molar refractivity (Wildman–Crippen MR) is 83.4 cm³/mol. The van der Waals surface area contributed by atoms with E-state index in [4.69, 9.17) is 18.6 Å². The van der Waals surface area contributed by atoms with Gasteiger partial charge in [0.15, 0.2) is 12.3 Å². The van der Waals surface area contributed by atoms with Crippen molar-refractivity contribution >= 4 is 6.21 Å². The van der Waals surface area contributed by atoms with Gasteiger partial charge >= 0.3 is 0 Å². The molecule has 2 bridgehead atoms. The fourth-order valence-corrected chi connectivity index (χ4v) is 5.20. The summed E-state index contributed by atoms with van der Waals surface area (Å²) in [5.41, 5.74) is 3.58. The number of benzene rings is 1. The first-order chi connectivity index (χ1) is 11.6. The fraction of sp³-hybridized carbons (Fsp3) is 0.632. The van der Waals surface area contributed by atoms with Gasteiger partial charge in [0.25, 0.3) is 0 Å². The predicted octanol–water partition coefficient (Wildman–Crippen LogP) is -1.01. The highest BCUT2D eigenvalue weighted by Gasteiger charge is 2.59. The Kier molecular flexibility index (Phi) is 4.99. The van der Waals surface area contributed by atoms with E-state index >= 15 is 0 Å². The van der Waals surface area contributed by atoms with E-state index in [2.05, 4.69) is 55.8 Å². The minimum Gasteiger partial charge on any atom is -0.232 e. The van der Waals surface area contributed by atoms with Crippen LogP contribution in [0.3, 0.4) is 0 Å². The van der Waals surface area contributed by atoms with Crippen LogP contribution in [0.1, 0.15) is 44.7 Å². The number of fused-ring (bicyclic) bond motifs is 3. The van der Waals surface area contributed by atoms with Crippen molar-refractivity contribution in [2.24, 2.45) is 23.2 Å². The van der Waals surface area contributed by atoms with Crippen LogP contribution in [-0.2, 0) is 6.42 Å². The Hall–Kier alpha value is -0.980. The Morgan fingerprint density at radius 2 is 1.72 bits per heavy atom. The van der Waals surface area contributed by atoms with Gasteiger partial charge in [0.05, 0.1) is 0 Å². The van der Waals surface area contributed by atoms with Gasteiger partial charge in [0.2, 0.25) is 0 Å². The summed E-state index contributed by atoms with van der Waals surface area (Å²) in [5.74, 6) is 2.74. The van der Waals surface area contributed by atoms with Gasteiger partial charge in [0, 0.05) is 24.3 Å². The van der Waals surface area contributed by atoms with Crippen molar-refractivity contribution in [3.8, 4) is 0 Å². The fourth-order valence-electron chi connectivity index (χ4n) is 5.20. The van der Waals surface area contributed by atoms with Crippen molar-refractivity contribution in [1.82, 2.24) is 0 Å². The van der Waals surface area contributed by atoms with E-state index < -0.39 is 10.2 Å². The Morgan fingerprint density at radius 3 is 2.32 bits per heavy atom. The second kappa shape index (κ2) is 6.63. The van der Waals surface area contributed by atoms with Crippen LogP contribution in [0.15, 0.2) is 24.3 Å². The molecule has 6 heteroatoms. The lowest BCUT2D eigenvalue weighted by molar-refractivity contribution is -2.00. The third kappa shape index (κ3) is 3.91. The highest BCUT2D eigenvalue weighted by atomic mass is 35.7. The molecule has 0 amide bonds. The molecule has 3 saturated carbocycles. The van der Waals surface area contributed by atoms with Crippen molar-refractivity contribution in [2.45, 2.75) is 46.1 Å². The van der Waals surface area contributed by atoms with Crippen molar-refractivity contribution in [1.29, 1.82) is 0 Å². The van der Waals surface area contributed by atoms with E-state index in [0.29, 0.717) is 5.41 Å². The molecule has 0 saturated heterocycles. The first-order valence-corrected chi connectivity index (χ1v) is 10.1. The monoisotopic (exact) mass is 367 g/mol. The summed E-state index contributed by atoms with van der Waals surface area (Å²) < 4.78 is 36.6. The molecule has 5 rings (SSSR count). The Morgan fingerprint density at radius 1 is 1.08 bits per heavy atom. The smallest absolute Gasteiger partial charge is 0.171 e. The third-order valence-electron chi connectivity index (χ3n) is 6.74. The zero-order valence-corrected chi connectivity index (χ0v) is 15.7. The Bertz CT molecular complexity index is 662. The molecule has 138 valence electrons. The lowest BCUT2D eigenvalue weighted by Gasteiger charge is -2.60. The second-order valence-corrected chi connectivity index (χ2v) is 8.97. The number of rotatable bonds is 1. The van der Waals surface area contributed by atoms with E-state index in [0.717, 1.165) is 23.8 Å². The molecule has 3 aliphatic carbocycles. The van der Waals surface area contributed by atoms with Gasteiger partial charge in [0.1, 0.15) is 6.54 Å². The zero-order chi connectivity index (χ0) is 18.4. The van der Waals surface area contributed by atoms with Crippen molar-refractivity contribution in [3.63, 3.8) is 0 Å². The second-order valence-electron chi connectivity index (χ2n) is 8.22. The van der Waals surface area contributed by atoms with Crippen molar-refractivity contribution in [3.05, 3.63) is 35.4 Å². The zero-order valence-electron chi connectivity index (χ0n) is 15.0. The van der Waals surface area contributed by atoms with E-state index in [9.17, 15) is 0 Å². The molecule has 1 heterocycles. The van der Waals surface area contributed by atoms with Crippen LogP contribution in [0.4, 0.5) is 0 Å².